The summed E-state index contributed by atoms with van der Waals surface area (Å²) in [5.41, 5.74) is 2.87. The fraction of sp³-hybridized carbons (Fsp3) is 0.684. The highest BCUT2D eigenvalue weighted by molar-refractivity contribution is 8.00. The highest BCUT2D eigenvalue weighted by Crippen LogP contribution is 2.30. The molecule has 1 aromatic carbocycles. The Morgan fingerprint density at radius 1 is 1.10 bits per heavy atom. The lowest BCUT2D eigenvalue weighted by atomic mass is 10.00. The summed E-state index contributed by atoms with van der Waals surface area (Å²) in [6.45, 7) is 10.2. The molecule has 21 heavy (non-hydrogen) atoms. The molecule has 0 radical (unpaired) electrons. The SMILES string of the molecule is CCCCc1ccc(C(C)NCC(CC)(CC)SC)cc1. The monoisotopic (exact) mass is 307 g/mol. The van der Waals surface area contributed by atoms with E-state index in [4.69, 9.17) is 0 Å². The van der Waals surface area contributed by atoms with Crippen LogP contribution in [-0.2, 0) is 6.42 Å². The first kappa shape index (κ1) is 18.6. The predicted octanol–water partition coefficient (Wildman–Crippen LogP) is 5.60. The standard InChI is InChI=1S/C19H33NS/c1-6-9-10-17-11-13-18(14-12-17)16(4)20-15-19(7-2,8-3)21-5/h11-14,16,20H,6-10,15H2,1-5H3. The van der Waals surface area contributed by atoms with Gasteiger partial charge < -0.3 is 5.32 Å². The largest absolute Gasteiger partial charge is 0.309 e. The third-order valence-electron chi connectivity index (χ3n) is 4.75. The minimum absolute atomic E-state index is 0.384. The molecule has 0 amide bonds. The normalized spacial score (nSPS) is 13.4. The Labute approximate surface area is 136 Å². The van der Waals surface area contributed by atoms with E-state index < -0.39 is 0 Å². The maximum Gasteiger partial charge on any atom is 0.0292 e. The molecule has 0 aliphatic heterocycles. The molecule has 1 aromatic rings. The highest BCUT2D eigenvalue weighted by Gasteiger charge is 2.25. The molecule has 0 heterocycles. The summed E-state index contributed by atoms with van der Waals surface area (Å²) in [6.07, 6.45) is 8.45. The first-order chi connectivity index (χ1) is 10.1. The van der Waals surface area contributed by atoms with Gasteiger partial charge in [-0.1, -0.05) is 51.5 Å². The van der Waals surface area contributed by atoms with Crippen LogP contribution in [0.1, 0.15) is 70.5 Å². The van der Waals surface area contributed by atoms with Crippen molar-refractivity contribution in [3.8, 4) is 0 Å². The van der Waals surface area contributed by atoms with Gasteiger partial charge in [-0.2, -0.15) is 11.8 Å². The second-order valence-corrected chi connectivity index (χ2v) is 7.32. The molecule has 0 fully saturated rings. The van der Waals surface area contributed by atoms with Crippen LogP contribution in [0.4, 0.5) is 0 Å². The van der Waals surface area contributed by atoms with E-state index in [1.54, 1.807) is 0 Å². The van der Waals surface area contributed by atoms with Crippen molar-refractivity contribution in [2.24, 2.45) is 0 Å². The van der Waals surface area contributed by atoms with Gasteiger partial charge in [0.2, 0.25) is 0 Å². The Balaban J connectivity index is 2.57. The average molecular weight is 308 g/mol. The fourth-order valence-electron chi connectivity index (χ4n) is 2.67. The molecule has 0 bridgehead atoms. The number of nitrogens with one attached hydrogen (secondary N) is 1. The van der Waals surface area contributed by atoms with Crippen LogP contribution in [0.15, 0.2) is 24.3 Å². The molecule has 0 saturated heterocycles. The zero-order valence-corrected chi connectivity index (χ0v) is 15.4. The van der Waals surface area contributed by atoms with Gasteiger partial charge in [-0.15, -0.1) is 0 Å². The molecule has 1 unspecified atom stereocenters. The van der Waals surface area contributed by atoms with Gasteiger partial charge in [0, 0.05) is 17.3 Å². The summed E-state index contributed by atoms with van der Waals surface area (Å²) in [5, 5.41) is 3.73. The van der Waals surface area contributed by atoms with Crippen molar-refractivity contribution in [3.05, 3.63) is 35.4 Å². The van der Waals surface area contributed by atoms with Crippen molar-refractivity contribution in [2.75, 3.05) is 12.8 Å². The zero-order valence-electron chi connectivity index (χ0n) is 14.5. The number of hydrogen-bond acceptors (Lipinski definition) is 2. The minimum Gasteiger partial charge on any atom is -0.309 e. The second-order valence-electron chi connectivity index (χ2n) is 6.04. The zero-order chi connectivity index (χ0) is 15.7. The van der Waals surface area contributed by atoms with E-state index in [-0.39, 0.29) is 0 Å². The maximum atomic E-state index is 3.73. The number of benzene rings is 1. The van der Waals surface area contributed by atoms with Crippen LogP contribution in [0.2, 0.25) is 0 Å². The number of unbranched alkanes of at least 4 members (excludes halogenated alkanes) is 1. The molecule has 0 aliphatic carbocycles. The van der Waals surface area contributed by atoms with Gasteiger partial charge >= 0.3 is 0 Å². The molecule has 1 atom stereocenters. The van der Waals surface area contributed by atoms with Crippen molar-refractivity contribution < 1.29 is 0 Å². The molecular weight excluding hydrogens is 274 g/mol. The number of rotatable bonds is 10. The Bertz CT molecular complexity index is 373. The van der Waals surface area contributed by atoms with E-state index in [0.29, 0.717) is 10.8 Å². The fourth-order valence-corrected chi connectivity index (χ4v) is 3.48. The van der Waals surface area contributed by atoms with Crippen molar-refractivity contribution in [2.45, 2.75) is 70.6 Å². The van der Waals surface area contributed by atoms with Crippen molar-refractivity contribution >= 4 is 11.8 Å². The van der Waals surface area contributed by atoms with E-state index in [9.17, 15) is 0 Å². The van der Waals surface area contributed by atoms with E-state index in [0.717, 1.165) is 6.54 Å². The number of hydrogen-bond donors (Lipinski definition) is 1. The predicted molar refractivity (Wildman–Crippen MR) is 98.3 cm³/mol. The van der Waals surface area contributed by atoms with Crippen molar-refractivity contribution in [3.63, 3.8) is 0 Å². The Morgan fingerprint density at radius 3 is 2.19 bits per heavy atom. The molecule has 0 spiro atoms. The molecule has 0 aromatic heterocycles. The van der Waals surface area contributed by atoms with E-state index in [2.05, 4.69) is 63.5 Å². The maximum absolute atomic E-state index is 3.73. The van der Waals surface area contributed by atoms with Gasteiger partial charge in [-0.3, -0.25) is 0 Å². The van der Waals surface area contributed by atoms with Crippen molar-refractivity contribution in [1.29, 1.82) is 0 Å². The summed E-state index contributed by atoms with van der Waals surface area (Å²) in [5.74, 6) is 0. The van der Waals surface area contributed by atoms with Crippen molar-refractivity contribution in [1.82, 2.24) is 5.32 Å². The van der Waals surface area contributed by atoms with Gasteiger partial charge in [-0.05, 0) is 50.0 Å². The van der Waals surface area contributed by atoms with Crippen LogP contribution in [0.25, 0.3) is 0 Å². The summed E-state index contributed by atoms with van der Waals surface area (Å²) >= 11 is 2.00. The Hall–Kier alpha value is -0.470. The summed E-state index contributed by atoms with van der Waals surface area (Å²) in [7, 11) is 0. The van der Waals surface area contributed by atoms with Crippen LogP contribution < -0.4 is 5.32 Å². The van der Waals surface area contributed by atoms with E-state index in [1.807, 2.05) is 11.8 Å². The van der Waals surface area contributed by atoms with Crippen LogP contribution in [0.3, 0.4) is 0 Å². The summed E-state index contributed by atoms with van der Waals surface area (Å²) in [6, 6.07) is 9.60. The van der Waals surface area contributed by atoms with Crippen LogP contribution in [-0.4, -0.2) is 17.5 Å². The summed E-state index contributed by atoms with van der Waals surface area (Å²) in [4.78, 5) is 0. The molecule has 1 rings (SSSR count). The first-order valence-corrected chi connectivity index (χ1v) is 9.70. The Kier molecular flexibility index (Phi) is 8.43. The van der Waals surface area contributed by atoms with E-state index >= 15 is 0 Å². The van der Waals surface area contributed by atoms with Gasteiger partial charge in [-0.25, -0.2) is 0 Å². The Morgan fingerprint density at radius 2 is 1.71 bits per heavy atom. The average Bonchev–Trinajstić information content (AvgIpc) is 2.55. The van der Waals surface area contributed by atoms with Gasteiger partial charge in [0.25, 0.3) is 0 Å². The highest BCUT2D eigenvalue weighted by atomic mass is 32.2. The van der Waals surface area contributed by atoms with Crippen LogP contribution in [0.5, 0.6) is 0 Å². The van der Waals surface area contributed by atoms with Gasteiger partial charge in [0.05, 0.1) is 0 Å². The molecule has 2 heteroatoms. The lowest BCUT2D eigenvalue weighted by Gasteiger charge is -2.31. The number of aryl methyl sites for hydroxylation is 1. The molecule has 1 N–H and O–H groups in total. The lowest BCUT2D eigenvalue weighted by Crippen LogP contribution is -2.37. The third kappa shape index (κ3) is 5.67. The molecular formula is C19H33NS. The molecule has 1 nitrogen and oxygen atoms in total. The lowest BCUT2D eigenvalue weighted by molar-refractivity contribution is 0.460. The molecule has 0 saturated carbocycles. The topological polar surface area (TPSA) is 12.0 Å². The van der Waals surface area contributed by atoms with Gasteiger partial charge in [0.1, 0.15) is 0 Å². The summed E-state index contributed by atoms with van der Waals surface area (Å²) < 4.78 is 0.384. The first-order valence-electron chi connectivity index (χ1n) is 8.48. The van der Waals surface area contributed by atoms with E-state index in [1.165, 1.54) is 43.2 Å². The molecule has 0 aliphatic rings. The third-order valence-corrected chi connectivity index (χ3v) is 6.34. The van der Waals surface area contributed by atoms with Gasteiger partial charge in [0.15, 0.2) is 0 Å². The van der Waals surface area contributed by atoms with Crippen LogP contribution in [0, 0.1) is 0 Å². The second kappa shape index (κ2) is 9.53. The van der Waals surface area contributed by atoms with Crippen LogP contribution >= 0.6 is 11.8 Å². The smallest absolute Gasteiger partial charge is 0.0292 e. The quantitative estimate of drug-likeness (QED) is 0.603. The molecule has 120 valence electrons. The number of thioether (sulfide) groups is 1. The minimum atomic E-state index is 0.384.